The summed E-state index contributed by atoms with van der Waals surface area (Å²) in [7, 11) is -2.35. The first kappa shape index (κ1) is 12.9. The summed E-state index contributed by atoms with van der Waals surface area (Å²) in [6.45, 7) is 12.5. The number of hydrogen-bond donors (Lipinski definition) is 0. The van der Waals surface area contributed by atoms with Gasteiger partial charge in [-0.1, -0.05) is 26.2 Å². The number of hydrogen-bond acceptors (Lipinski definition) is 3. The van der Waals surface area contributed by atoms with Crippen LogP contribution >= 0.6 is 0 Å². The van der Waals surface area contributed by atoms with E-state index in [1.807, 2.05) is 6.92 Å². The molecule has 0 radical (unpaired) electrons. The summed E-state index contributed by atoms with van der Waals surface area (Å²) >= 11 is 0. The molecule has 0 aliphatic carbocycles. The van der Waals surface area contributed by atoms with Gasteiger partial charge in [0.25, 0.3) is 0 Å². The SMILES string of the molecule is CCOC(=O)CN1C[Si](C)(C)C[Si]1(C)C. The fourth-order valence-corrected chi connectivity index (χ4v) is 18.1. The smallest absolute Gasteiger partial charge is 0.319 e. The molecule has 1 saturated heterocycles. The zero-order valence-corrected chi connectivity index (χ0v) is 12.6. The Kier molecular flexibility index (Phi) is 3.78. The van der Waals surface area contributed by atoms with E-state index in [4.69, 9.17) is 4.74 Å². The van der Waals surface area contributed by atoms with E-state index in [9.17, 15) is 4.79 Å². The molecule has 1 rings (SSSR count). The molecule has 3 nitrogen and oxygen atoms in total. The zero-order valence-electron chi connectivity index (χ0n) is 10.6. The lowest BCUT2D eigenvalue weighted by atomic mass is 10.6. The van der Waals surface area contributed by atoms with Crippen molar-refractivity contribution in [3.05, 3.63) is 0 Å². The van der Waals surface area contributed by atoms with E-state index in [1.54, 1.807) is 0 Å². The van der Waals surface area contributed by atoms with Gasteiger partial charge in [0.05, 0.1) is 21.2 Å². The van der Waals surface area contributed by atoms with Crippen molar-refractivity contribution in [2.24, 2.45) is 0 Å². The third-order valence-electron chi connectivity index (χ3n) is 3.01. The Hall–Kier alpha value is -0.136. The van der Waals surface area contributed by atoms with Crippen LogP contribution in [0.4, 0.5) is 0 Å². The van der Waals surface area contributed by atoms with E-state index < -0.39 is 16.3 Å². The van der Waals surface area contributed by atoms with E-state index >= 15 is 0 Å². The van der Waals surface area contributed by atoms with Crippen molar-refractivity contribution in [2.75, 3.05) is 19.3 Å². The second kappa shape index (κ2) is 4.39. The Bertz CT molecular complexity index is 254. The van der Waals surface area contributed by atoms with Gasteiger partial charge >= 0.3 is 5.97 Å². The maximum absolute atomic E-state index is 11.5. The van der Waals surface area contributed by atoms with Crippen molar-refractivity contribution >= 4 is 22.3 Å². The van der Waals surface area contributed by atoms with Crippen LogP contribution in [0.3, 0.4) is 0 Å². The average molecular weight is 245 g/mol. The van der Waals surface area contributed by atoms with Crippen molar-refractivity contribution < 1.29 is 9.53 Å². The van der Waals surface area contributed by atoms with Gasteiger partial charge in [-0.2, -0.15) is 0 Å². The van der Waals surface area contributed by atoms with Gasteiger partial charge in [-0.25, -0.2) is 0 Å². The van der Waals surface area contributed by atoms with Crippen molar-refractivity contribution in [1.29, 1.82) is 0 Å². The van der Waals surface area contributed by atoms with Gasteiger partial charge in [-0.05, 0) is 18.8 Å². The third-order valence-corrected chi connectivity index (χ3v) is 13.9. The molecule has 0 N–H and O–H groups in total. The molecule has 0 aromatic carbocycles. The minimum atomic E-state index is -1.30. The Labute approximate surface area is 94.9 Å². The Morgan fingerprint density at radius 2 is 1.93 bits per heavy atom. The highest BCUT2D eigenvalue weighted by Gasteiger charge is 2.46. The first-order valence-corrected chi connectivity index (χ1v) is 12.2. The quantitative estimate of drug-likeness (QED) is 0.561. The molecule has 0 aromatic rings. The van der Waals surface area contributed by atoms with E-state index in [-0.39, 0.29) is 5.97 Å². The number of esters is 1. The van der Waals surface area contributed by atoms with Crippen molar-refractivity contribution in [3.8, 4) is 0 Å². The second-order valence-electron chi connectivity index (χ2n) is 5.81. The largest absolute Gasteiger partial charge is 0.465 e. The lowest BCUT2D eigenvalue weighted by Gasteiger charge is -2.28. The second-order valence-corrected chi connectivity index (χ2v) is 16.1. The van der Waals surface area contributed by atoms with Crippen LogP contribution in [0.5, 0.6) is 0 Å². The van der Waals surface area contributed by atoms with E-state index in [2.05, 4.69) is 30.8 Å². The summed E-state index contributed by atoms with van der Waals surface area (Å²) in [6, 6.07) is 0. The summed E-state index contributed by atoms with van der Waals surface area (Å²) < 4.78 is 7.45. The fraction of sp³-hybridized carbons (Fsp3) is 0.900. The minimum absolute atomic E-state index is 0.0511. The highest BCUT2D eigenvalue weighted by atomic mass is 28.4. The van der Waals surface area contributed by atoms with Crippen LogP contribution in [0.1, 0.15) is 6.92 Å². The van der Waals surface area contributed by atoms with E-state index in [0.29, 0.717) is 13.2 Å². The molecule has 5 heteroatoms. The van der Waals surface area contributed by atoms with Gasteiger partial charge in [-0.15, -0.1) is 0 Å². The lowest BCUT2D eigenvalue weighted by Crippen LogP contribution is -2.46. The Morgan fingerprint density at radius 3 is 2.33 bits per heavy atom. The van der Waals surface area contributed by atoms with Crippen molar-refractivity contribution in [3.63, 3.8) is 0 Å². The Morgan fingerprint density at radius 1 is 1.33 bits per heavy atom. The predicted molar refractivity (Wildman–Crippen MR) is 68.0 cm³/mol. The summed E-state index contributed by atoms with van der Waals surface area (Å²) in [5.74, 6) is -0.0511. The lowest BCUT2D eigenvalue weighted by molar-refractivity contribution is -0.143. The molecule has 1 heterocycles. The van der Waals surface area contributed by atoms with Crippen LogP contribution in [-0.4, -0.2) is 46.2 Å². The highest BCUT2D eigenvalue weighted by molar-refractivity contribution is 6.98. The molecule has 1 aliphatic heterocycles. The van der Waals surface area contributed by atoms with Gasteiger partial charge in [0, 0.05) is 0 Å². The van der Waals surface area contributed by atoms with Crippen LogP contribution in [0.25, 0.3) is 0 Å². The topological polar surface area (TPSA) is 29.5 Å². The fourth-order valence-electron chi connectivity index (χ4n) is 2.70. The molecule has 0 amide bonds. The van der Waals surface area contributed by atoms with E-state index in [0.717, 1.165) is 0 Å². The normalized spacial score (nSPS) is 24.1. The first-order chi connectivity index (χ1) is 6.77. The monoisotopic (exact) mass is 245 g/mol. The maximum Gasteiger partial charge on any atom is 0.319 e. The number of ether oxygens (including phenoxy) is 1. The molecule has 0 aromatic heterocycles. The van der Waals surface area contributed by atoms with Crippen molar-refractivity contribution in [2.45, 2.75) is 38.8 Å². The number of carbonyl (C=O) groups excluding carboxylic acids is 1. The van der Waals surface area contributed by atoms with Crippen LogP contribution in [0.15, 0.2) is 0 Å². The average Bonchev–Trinajstić information content (AvgIpc) is 2.19. The van der Waals surface area contributed by atoms with Crippen LogP contribution in [-0.2, 0) is 9.53 Å². The van der Waals surface area contributed by atoms with Gasteiger partial charge in [-0.3, -0.25) is 4.79 Å². The molecule has 1 fully saturated rings. The first-order valence-electron chi connectivity index (χ1n) is 5.67. The summed E-state index contributed by atoms with van der Waals surface area (Å²) in [5, 5.41) is 0. The molecule has 1 aliphatic rings. The molecule has 0 unspecified atom stereocenters. The van der Waals surface area contributed by atoms with Gasteiger partial charge in [0.15, 0.2) is 0 Å². The molecule has 0 atom stereocenters. The highest BCUT2D eigenvalue weighted by Crippen LogP contribution is 2.31. The van der Waals surface area contributed by atoms with E-state index in [1.165, 1.54) is 11.8 Å². The van der Waals surface area contributed by atoms with Crippen molar-refractivity contribution in [1.82, 2.24) is 4.57 Å². The molecule has 0 spiro atoms. The van der Waals surface area contributed by atoms with Crippen LogP contribution in [0.2, 0.25) is 31.9 Å². The van der Waals surface area contributed by atoms with Gasteiger partial charge < -0.3 is 9.30 Å². The summed E-state index contributed by atoms with van der Waals surface area (Å²) in [6.07, 6.45) is 1.17. The molecule has 0 bridgehead atoms. The van der Waals surface area contributed by atoms with Gasteiger partial charge in [0.1, 0.15) is 8.24 Å². The number of rotatable bonds is 3. The molecule has 15 heavy (non-hydrogen) atoms. The third kappa shape index (κ3) is 3.43. The molecule has 88 valence electrons. The maximum atomic E-state index is 11.5. The van der Waals surface area contributed by atoms with Crippen LogP contribution in [0, 0.1) is 0 Å². The Balaban J connectivity index is 2.59. The summed E-state index contributed by atoms with van der Waals surface area (Å²) in [5.41, 5.74) is 1.40. The molecule has 0 saturated carbocycles. The van der Waals surface area contributed by atoms with Crippen LogP contribution < -0.4 is 0 Å². The standard InChI is InChI=1S/C10H23NO2Si2/c1-6-13-10(12)7-11-8-14(2,3)9-15(11,4)5/h6-9H2,1-5H3. The minimum Gasteiger partial charge on any atom is -0.465 e. The zero-order chi connectivity index (χ0) is 11.7. The molecular weight excluding hydrogens is 222 g/mol. The predicted octanol–water partition coefficient (Wildman–Crippen LogP) is 1.86. The van der Waals surface area contributed by atoms with Gasteiger partial charge in [0.2, 0.25) is 0 Å². The summed E-state index contributed by atoms with van der Waals surface area (Å²) in [4.78, 5) is 11.5. The molecular formula is C10H23NO2Si2. The number of nitrogens with zero attached hydrogens (tertiary/aromatic N) is 1. The number of carbonyl (C=O) groups is 1.